The molecule has 126 valence electrons. The van der Waals surface area contributed by atoms with Crippen molar-refractivity contribution in [1.29, 1.82) is 5.26 Å². The van der Waals surface area contributed by atoms with Crippen LogP contribution in [0.25, 0.3) is 0 Å². The van der Waals surface area contributed by atoms with Gasteiger partial charge in [-0.3, -0.25) is 9.80 Å². The normalized spacial score (nSPS) is 25.0. The summed E-state index contributed by atoms with van der Waals surface area (Å²) in [5.74, 6) is 0. The Bertz CT molecular complexity index is 303. The summed E-state index contributed by atoms with van der Waals surface area (Å²) in [5, 5.41) is 8.72. The van der Waals surface area contributed by atoms with Gasteiger partial charge >= 0.3 is 0 Å². The van der Waals surface area contributed by atoms with Crippen LogP contribution in [0.1, 0.15) is 77.0 Å². The Kier molecular flexibility index (Phi) is 8.90. The molecule has 3 nitrogen and oxygen atoms in total. The first-order valence-electron chi connectivity index (χ1n) is 9.73. The molecule has 0 N–H and O–H groups in total. The van der Waals surface area contributed by atoms with Crippen LogP contribution in [0, 0.1) is 11.3 Å². The molecular formula is C19H35N3. The molecule has 1 saturated carbocycles. The van der Waals surface area contributed by atoms with Gasteiger partial charge in [-0.15, -0.1) is 0 Å². The van der Waals surface area contributed by atoms with E-state index in [1.165, 1.54) is 83.7 Å². The van der Waals surface area contributed by atoms with Gasteiger partial charge in [-0.25, -0.2) is 0 Å². The van der Waals surface area contributed by atoms with E-state index in [1.54, 1.807) is 0 Å². The molecule has 0 amide bonds. The zero-order chi connectivity index (χ0) is 15.5. The Hall–Kier alpha value is -0.590. The predicted octanol–water partition coefficient (Wildman–Crippen LogP) is 4.19. The fraction of sp³-hybridized carbons (Fsp3) is 0.947. The first kappa shape index (κ1) is 17.8. The van der Waals surface area contributed by atoms with Crippen LogP contribution >= 0.6 is 0 Å². The van der Waals surface area contributed by atoms with Gasteiger partial charge in [0.2, 0.25) is 0 Å². The van der Waals surface area contributed by atoms with E-state index in [0.717, 1.165) is 25.7 Å². The first-order chi connectivity index (χ1) is 10.9. The SMILES string of the molecule is N#CCCN1CCN(C2CCCCCCCCCCC2)CC1. The molecule has 1 saturated heterocycles. The molecule has 3 heteroatoms. The van der Waals surface area contributed by atoms with E-state index in [9.17, 15) is 0 Å². The van der Waals surface area contributed by atoms with Crippen LogP contribution in [0.5, 0.6) is 0 Å². The van der Waals surface area contributed by atoms with E-state index < -0.39 is 0 Å². The van der Waals surface area contributed by atoms with Crippen LogP contribution in [0.2, 0.25) is 0 Å². The molecule has 2 fully saturated rings. The fourth-order valence-corrected chi connectivity index (χ4v) is 4.07. The van der Waals surface area contributed by atoms with Crippen molar-refractivity contribution >= 4 is 0 Å². The first-order valence-corrected chi connectivity index (χ1v) is 9.73. The highest BCUT2D eigenvalue weighted by Crippen LogP contribution is 2.21. The van der Waals surface area contributed by atoms with Crippen LogP contribution in [0.3, 0.4) is 0 Å². The molecule has 2 aliphatic rings. The molecule has 1 heterocycles. The zero-order valence-corrected chi connectivity index (χ0v) is 14.4. The van der Waals surface area contributed by atoms with Crippen molar-refractivity contribution in [2.45, 2.75) is 83.1 Å². The maximum atomic E-state index is 8.72. The highest BCUT2D eigenvalue weighted by atomic mass is 15.3. The van der Waals surface area contributed by atoms with Gasteiger partial charge in [0, 0.05) is 45.2 Å². The number of piperazine rings is 1. The van der Waals surface area contributed by atoms with E-state index in [0.29, 0.717) is 6.42 Å². The zero-order valence-electron chi connectivity index (χ0n) is 14.4. The molecule has 0 aromatic heterocycles. The summed E-state index contributed by atoms with van der Waals surface area (Å²) in [6.45, 7) is 5.73. The second-order valence-corrected chi connectivity index (χ2v) is 7.20. The Labute approximate surface area is 137 Å². The summed E-state index contributed by atoms with van der Waals surface area (Å²) in [5.41, 5.74) is 0. The third kappa shape index (κ3) is 6.67. The van der Waals surface area contributed by atoms with Crippen molar-refractivity contribution < 1.29 is 0 Å². The number of rotatable bonds is 3. The molecule has 22 heavy (non-hydrogen) atoms. The van der Waals surface area contributed by atoms with Crippen LogP contribution < -0.4 is 0 Å². The lowest BCUT2D eigenvalue weighted by Crippen LogP contribution is -2.50. The number of hydrogen-bond donors (Lipinski definition) is 0. The maximum absolute atomic E-state index is 8.72. The van der Waals surface area contributed by atoms with Crippen LogP contribution in [-0.4, -0.2) is 48.6 Å². The van der Waals surface area contributed by atoms with Gasteiger partial charge < -0.3 is 0 Å². The van der Waals surface area contributed by atoms with E-state index in [4.69, 9.17) is 5.26 Å². The Morgan fingerprint density at radius 3 is 1.73 bits per heavy atom. The van der Waals surface area contributed by atoms with Gasteiger partial charge in [0.15, 0.2) is 0 Å². The molecule has 2 rings (SSSR count). The van der Waals surface area contributed by atoms with Gasteiger partial charge in [-0.2, -0.15) is 5.26 Å². The molecule has 0 bridgehead atoms. The molecule has 0 radical (unpaired) electrons. The van der Waals surface area contributed by atoms with E-state index in [1.807, 2.05) is 0 Å². The van der Waals surface area contributed by atoms with E-state index in [2.05, 4.69) is 15.9 Å². The highest BCUT2D eigenvalue weighted by Gasteiger charge is 2.23. The summed E-state index contributed by atoms with van der Waals surface area (Å²) in [4.78, 5) is 5.23. The minimum Gasteiger partial charge on any atom is -0.300 e. The molecule has 0 atom stereocenters. The lowest BCUT2D eigenvalue weighted by Gasteiger charge is -2.39. The molecule has 0 spiro atoms. The number of nitrogens with zero attached hydrogens (tertiary/aromatic N) is 3. The summed E-state index contributed by atoms with van der Waals surface area (Å²) < 4.78 is 0. The lowest BCUT2D eigenvalue weighted by atomic mass is 9.96. The predicted molar refractivity (Wildman–Crippen MR) is 92.8 cm³/mol. The Morgan fingerprint density at radius 1 is 0.727 bits per heavy atom. The monoisotopic (exact) mass is 305 g/mol. The second kappa shape index (κ2) is 11.0. The molecule has 1 aliphatic carbocycles. The van der Waals surface area contributed by atoms with Gasteiger partial charge in [0.1, 0.15) is 0 Å². The minimum atomic E-state index is 0.684. The van der Waals surface area contributed by atoms with Gasteiger partial charge in [0.25, 0.3) is 0 Å². The average Bonchev–Trinajstić information content (AvgIpc) is 2.54. The quantitative estimate of drug-likeness (QED) is 0.783. The second-order valence-electron chi connectivity index (χ2n) is 7.20. The standard InChI is InChI=1S/C19H35N3/c20-13-10-14-21-15-17-22(18-16-21)19-11-8-6-4-2-1-3-5-7-9-12-19/h19H,1-12,14-18H2. The van der Waals surface area contributed by atoms with Crippen LogP contribution in [-0.2, 0) is 0 Å². The summed E-state index contributed by atoms with van der Waals surface area (Å²) in [6, 6.07) is 3.10. The molecule has 0 unspecified atom stereocenters. The highest BCUT2D eigenvalue weighted by molar-refractivity contribution is 4.81. The summed E-state index contributed by atoms with van der Waals surface area (Å²) >= 11 is 0. The summed E-state index contributed by atoms with van der Waals surface area (Å²) in [7, 11) is 0. The topological polar surface area (TPSA) is 30.3 Å². The van der Waals surface area contributed by atoms with Crippen molar-refractivity contribution in [2.24, 2.45) is 0 Å². The van der Waals surface area contributed by atoms with Gasteiger partial charge in [-0.05, 0) is 12.8 Å². The lowest BCUT2D eigenvalue weighted by molar-refractivity contribution is 0.0866. The van der Waals surface area contributed by atoms with Crippen molar-refractivity contribution in [3.05, 3.63) is 0 Å². The molecule has 0 aromatic rings. The largest absolute Gasteiger partial charge is 0.300 e. The van der Waals surface area contributed by atoms with Crippen molar-refractivity contribution in [3.63, 3.8) is 0 Å². The third-order valence-corrected chi connectivity index (χ3v) is 5.54. The van der Waals surface area contributed by atoms with Crippen molar-refractivity contribution in [1.82, 2.24) is 9.80 Å². The van der Waals surface area contributed by atoms with Crippen molar-refractivity contribution in [3.8, 4) is 6.07 Å². The van der Waals surface area contributed by atoms with E-state index in [-0.39, 0.29) is 0 Å². The van der Waals surface area contributed by atoms with Gasteiger partial charge in [-0.1, -0.05) is 57.8 Å². The smallest absolute Gasteiger partial charge is 0.0635 e. The fourth-order valence-electron chi connectivity index (χ4n) is 4.07. The maximum Gasteiger partial charge on any atom is 0.0635 e. The van der Waals surface area contributed by atoms with Crippen LogP contribution in [0.4, 0.5) is 0 Å². The Balaban J connectivity index is 1.74. The van der Waals surface area contributed by atoms with Gasteiger partial charge in [0.05, 0.1) is 6.07 Å². The minimum absolute atomic E-state index is 0.684. The number of hydrogen-bond acceptors (Lipinski definition) is 3. The Morgan fingerprint density at radius 2 is 1.23 bits per heavy atom. The number of nitriles is 1. The molecule has 1 aliphatic heterocycles. The summed E-state index contributed by atoms with van der Waals surface area (Å²) in [6.07, 6.45) is 16.6. The molecule has 0 aromatic carbocycles. The molecular weight excluding hydrogens is 270 g/mol. The van der Waals surface area contributed by atoms with Crippen LogP contribution in [0.15, 0.2) is 0 Å². The third-order valence-electron chi connectivity index (χ3n) is 5.54. The van der Waals surface area contributed by atoms with Crippen molar-refractivity contribution in [2.75, 3.05) is 32.7 Å². The average molecular weight is 306 g/mol. The van der Waals surface area contributed by atoms with E-state index >= 15 is 0 Å².